The topological polar surface area (TPSA) is 85.1 Å². The van der Waals surface area contributed by atoms with E-state index >= 15 is 0 Å². The van der Waals surface area contributed by atoms with Crippen LogP contribution in [-0.4, -0.2) is 15.8 Å². The Bertz CT molecular complexity index is 1030. The van der Waals surface area contributed by atoms with Crippen LogP contribution in [0.2, 0.25) is 0 Å². The summed E-state index contributed by atoms with van der Waals surface area (Å²) in [4.78, 5) is 27.4. The number of nitrogens with zero attached hydrogens (tertiary/aromatic N) is 2. The van der Waals surface area contributed by atoms with Crippen molar-refractivity contribution in [2.24, 2.45) is 0 Å². The number of amides is 1. The largest absolute Gasteiger partial charge is 0.341 e. The van der Waals surface area contributed by atoms with Crippen molar-refractivity contribution < 1.29 is 14.1 Å². The van der Waals surface area contributed by atoms with Crippen LogP contribution in [0.3, 0.4) is 0 Å². The molecule has 1 amide bonds. The average molecular weight is 351 g/mol. The minimum Gasteiger partial charge on any atom is -0.341 e. The fourth-order valence-electron chi connectivity index (χ4n) is 3.21. The SMILES string of the molecule is O=C(NC1(c2ccccc2)CC1)c1nccc2c([N+](=O)[O-])cc(F)cc12. The molecule has 0 spiro atoms. The van der Waals surface area contributed by atoms with Crippen LogP contribution in [0.15, 0.2) is 54.7 Å². The van der Waals surface area contributed by atoms with Crippen LogP contribution < -0.4 is 5.32 Å². The van der Waals surface area contributed by atoms with Crippen molar-refractivity contribution in [1.29, 1.82) is 0 Å². The standard InChI is InChI=1S/C19H14FN3O3/c20-13-10-15-14(16(11-13)23(25)26)6-9-21-17(15)18(24)22-19(7-8-19)12-4-2-1-3-5-12/h1-6,9-11H,7-8H2,(H,22,24). The lowest BCUT2D eigenvalue weighted by molar-refractivity contribution is -0.383. The van der Waals surface area contributed by atoms with Gasteiger partial charge in [-0.1, -0.05) is 30.3 Å². The Morgan fingerprint density at radius 2 is 1.88 bits per heavy atom. The maximum Gasteiger partial charge on any atom is 0.280 e. The van der Waals surface area contributed by atoms with Crippen LogP contribution in [0.4, 0.5) is 10.1 Å². The van der Waals surface area contributed by atoms with Gasteiger partial charge in [-0.2, -0.15) is 0 Å². The van der Waals surface area contributed by atoms with Gasteiger partial charge >= 0.3 is 0 Å². The van der Waals surface area contributed by atoms with Gasteiger partial charge in [-0.25, -0.2) is 4.39 Å². The molecule has 1 aromatic heterocycles. The molecule has 3 aromatic rings. The van der Waals surface area contributed by atoms with E-state index in [0.29, 0.717) is 0 Å². The minimum absolute atomic E-state index is 0.0210. The van der Waals surface area contributed by atoms with Crippen LogP contribution in [0, 0.1) is 15.9 Å². The number of nitro benzene ring substituents is 1. The summed E-state index contributed by atoms with van der Waals surface area (Å²) in [5.74, 6) is -1.26. The number of hydrogen-bond donors (Lipinski definition) is 1. The second-order valence-corrected chi connectivity index (χ2v) is 6.34. The van der Waals surface area contributed by atoms with E-state index < -0.39 is 22.2 Å². The highest BCUT2D eigenvalue weighted by molar-refractivity contribution is 6.07. The van der Waals surface area contributed by atoms with Crippen LogP contribution in [0.5, 0.6) is 0 Å². The fraction of sp³-hybridized carbons (Fsp3) is 0.158. The first-order valence-corrected chi connectivity index (χ1v) is 8.11. The molecule has 4 rings (SSSR count). The zero-order valence-corrected chi connectivity index (χ0v) is 13.6. The molecule has 1 N–H and O–H groups in total. The molecule has 0 unspecified atom stereocenters. The number of non-ortho nitro benzene ring substituents is 1. The fourth-order valence-corrected chi connectivity index (χ4v) is 3.21. The van der Waals surface area contributed by atoms with E-state index in [2.05, 4.69) is 10.3 Å². The third-order valence-electron chi connectivity index (χ3n) is 4.66. The Morgan fingerprint density at radius 1 is 1.15 bits per heavy atom. The summed E-state index contributed by atoms with van der Waals surface area (Å²) < 4.78 is 13.9. The molecule has 1 heterocycles. The zero-order valence-electron chi connectivity index (χ0n) is 13.6. The number of carbonyl (C=O) groups excluding carboxylic acids is 1. The van der Waals surface area contributed by atoms with Crippen molar-refractivity contribution in [2.75, 3.05) is 0 Å². The summed E-state index contributed by atoms with van der Waals surface area (Å²) in [5, 5.41) is 14.5. The third-order valence-corrected chi connectivity index (χ3v) is 4.66. The summed E-state index contributed by atoms with van der Waals surface area (Å²) in [5.41, 5.74) is 0.125. The van der Waals surface area contributed by atoms with Gasteiger partial charge < -0.3 is 5.32 Å². The highest BCUT2D eigenvalue weighted by Gasteiger charge is 2.46. The first kappa shape index (κ1) is 16.1. The van der Waals surface area contributed by atoms with Gasteiger partial charge in [0.25, 0.3) is 11.6 Å². The molecule has 1 aliphatic rings. The smallest absolute Gasteiger partial charge is 0.280 e. The van der Waals surface area contributed by atoms with E-state index in [-0.39, 0.29) is 22.2 Å². The summed E-state index contributed by atoms with van der Waals surface area (Å²) in [6, 6.07) is 12.9. The predicted octanol–water partition coefficient (Wildman–Crippen LogP) is 3.70. The normalized spacial score (nSPS) is 14.8. The first-order chi connectivity index (χ1) is 12.5. The van der Waals surface area contributed by atoms with Crippen LogP contribution >= 0.6 is 0 Å². The van der Waals surface area contributed by atoms with Gasteiger partial charge in [-0.3, -0.25) is 19.9 Å². The van der Waals surface area contributed by atoms with E-state index in [1.165, 1.54) is 12.3 Å². The number of nitro groups is 1. The molecule has 0 atom stereocenters. The molecule has 0 aliphatic heterocycles. The molecule has 26 heavy (non-hydrogen) atoms. The van der Waals surface area contributed by atoms with Crippen LogP contribution in [-0.2, 0) is 5.54 Å². The monoisotopic (exact) mass is 351 g/mol. The molecular weight excluding hydrogens is 337 g/mol. The number of halogens is 1. The van der Waals surface area contributed by atoms with Gasteiger partial charge in [0.2, 0.25) is 0 Å². The maximum atomic E-state index is 13.9. The van der Waals surface area contributed by atoms with Crippen molar-refractivity contribution in [3.8, 4) is 0 Å². The molecule has 2 aromatic carbocycles. The van der Waals surface area contributed by atoms with Gasteiger partial charge in [-0.15, -0.1) is 0 Å². The summed E-state index contributed by atoms with van der Waals surface area (Å²) in [7, 11) is 0. The maximum absolute atomic E-state index is 13.9. The number of rotatable bonds is 4. The van der Waals surface area contributed by atoms with Crippen molar-refractivity contribution in [3.63, 3.8) is 0 Å². The molecule has 130 valence electrons. The van der Waals surface area contributed by atoms with E-state index in [4.69, 9.17) is 0 Å². The van der Waals surface area contributed by atoms with Gasteiger partial charge in [0.15, 0.2) is 0 Å². The summed E-state index contributed by atoms with van der Waals surface area (Å²) in [6.45, 7) is 0. The van der Waals surface area contributed by atoms with Crippen LogP contribution in [0.25, 0.3) is 10.8 Å². The summed E-state index contributed by atoms with van der Waals surface area (Å²) >= 11 is 0. The van der Waals surface area contributed by atoms with Gasteiger partial charge in [0.1, 0.15) is 11.5 Å². The molecule has 1 saturated carbocycles. The van der Waals surface area contributed by atoms with Crippen molar-refractivity contribution in [3.05, 3.63) is 81.9 Å². The number of pyridine rings is 1. The molecule has 1 aliphatic carbocycles. The Kier molecular flexibility index (Phi) is 3.64. The van der Waals surface area contributed by atoms with E-state index in [1.54, 1.807) is 0 Å². The molecule has 7 heteroatoms. The van der Waals surface area contributed by atoms with Crippen molar-refractivity contribution in [2.45, 2.75) is 18.4 Å². The lowest BCUT2D eigenvalue weighted by atomic mass is 10.0. The minimum atomic E-state index is -0.782. The Hall–Kier alpha value is -3.35. The van der Waals surface area contributed by atoms with Gasteiger partial charge in [-0.05, 0) is 30.5 Å². The van der Waals surface area contributed by atoms with E-state index in [1.807, 2.05) is 30.3 Å². The molecule has 0 radical (unpaired) electrons. The predicted molar refractivity (Wildman–Crippen MR) is 93.2 cm³/mol. The highest BCUT2D eigenvalue weighted by Crippen LogP contribution is 2.45. The van der Waals surface area contributed by atoms with Crippen molar-refractivity contribution >= 4 is 22.4 Å². The number of fused-ring (bicyclic) bond motifs is 1. The molecule has 0 bridgehead atoms. The number of aromatic nitrogens is 1. The molecule has 0 saturated heterocycles. The Balaban J connectivity index is 1.75. The van der Waals surface area contributed by atoms with Crippen molar-refractivity contribution in [1.82, 2.24) is 10.3 Å². The van der Waals surface area contributed by atoms with Gasteiger partial charge in [0.05, 0.1) is 21.9 Å². The lowest BCUT2D eigenvalue weighted by Gasteiger charge is -2.18. The second-order valence-electron chi connectivity index (χ2n) is 6.34. The van der Waals surface area contributed by atoms with E-state index in [9.17, 15) is 19.3 Å². The summed E-state index contributed by atoms with van der Waals surface area (Å²) in [6.07, 6.45) is 2.91. The number of hydrogen-bond acceptors (Lipinski definition) is 4. The number of benzene rings is 2. The third kappa shape index (κ3) is 2.67. The lowest BCUT2D eigenvalue weighted by Crippen LogP contribution is -2.35. The molecule has 6 nitrogen and oxygen atoms in total. The molecule has 1 fully saturated rings. The Labute approximate surface area is 147 Å². The average Bonchev–Trinajstić information content (AvgIpc) is 3.41. The number of carbonyl (C=O) groups is 1. The molecular formula is C19H14FN3O3. The van der Waals surface area contributed by atoms with Gasteiger partial charge in [0, 0.05) is 11.6 Å². The second kappa shape index (κ2) is 5.87. The number of nitrogens with one attached hydrogen (secondary N) is 1. The Morgan fingerprint density at radius 3 is 2.54 bits per heavy atom. The zero-order chi connectivity index (χ0) is 18.3. The van der Waals surface area contributed by atoms with Crippen LogP contribution in [0.1, 0.15) is 28.9 Å². The highest BCUT2D eigenvalue weighted by atomic mass is 19.1. The first-order valence-electron chi connectivity index (χ1n) is 8.11. The van der Waals surface area contributed by atoms with E-state index in [0.717, 1.165) is 30.5 Å². The quantitative estimate of drug-likeness (QED) is 0.574.